The first-order valence-electron chi connectivity index (χ1n) is 6.28. The number of alkyl halides is 2. The monoisotopic (exact) mass is 293 g/mol. The fraction of sp³-hybridized carbons (Fsp3) is 0.692. The SMILES string of the molecule is CC(O)CN(Cc1ccc(CSC(F)F)o1)C(C)C. The Bertz CT molecular complexity index is 369. The molecule has 3 nitrogen and oxygen atoms in total. The maximum atomic E-state index is 12.1. The molecule has 19 heavy (non-hydrogen) atoms. The van der Waals surface area contributed by atoms with E-state index >= 15 is 0 Å². The third kappa shape index (κ3) is 6.40. The van der Waals surface area contributed by atoms with Crippen LogP contribution in [-0.4, -0.2) is 34.5 Å². The molecule has 1 unspecified atom stereocenters. The van der Waals surface area contributed by atoms with Crippen LogP contribution in [0.15, 0.2) is 16.5 Å². The Morgan fingerprint density at radius 2 is 1.89 bits per heavy atom. The van der Waals surface area contributed by atoms with Crippen molar-refractivity contribution >= 4 is 11.8 Å². The van der Waals surface area contributed by atoms with Crippen LogP contribution in [0.1, 0.15) is 32.3 Å². The Morgan fingerprint density at radius 3 is 2.42 bits per heavy atom. The molecule has 0 aromatic carbocycles. The van der Waals surface area contributed by atoms with E-state index in [-0.39, 0.29) is 11.8 Å². The topological polar surface area (TPSA) is 36.6 Å². The summed E-state index contributed by atoms with van der Waals surface area (Å²) in [5.41, 5.74) is 0. The van der Waals surface area contributed by atoms with E-state index in [0.29, 0.717) is 30.6 Å². The molecule has 110 valence electrons. The van der Waals surface area contributed by atoms with Crippen molar-refractivity contribution < 1.29 is 18.3 Å². The maximum absolute atomic E-state index is 12.1. The molecular weight excluding hydrogens is 272 g/mol. The van der Waals surface area contributed by atoms with Crippen molar-refractivity contribution in [1.29, 1.82) is 0 Å². The van der Waals surface area contributed by atoms with Crippen LogP contribution >= 0.6 is 11.8 Å². The second kappa shape index (κ2) is 7.87. The van der Waals surface area contributed by atoms with E-state index in [4.69, 9.17) is 4.42 Å². The average Bonchev–Trinajstić information content (AvgIpc) is 2.72. The molecule has 0 aliphatic carbocycles. The van der Waals surface area contributed by atoms with Crippen molar-refractivity contribution in [3.63, 3.8) is 0 Å². The summed E-state index contributed by atoms with van der Waals surface area (Å²) in [5, 5.41) is 9.44. The molecule has 1 aromatic rings. The number of hydrogen-bond donors (Lipinski definition) is 1. The van der Waals surface area contributed by atoms with Gasteiger partial charge in [-0.25, -0.2) is 0 Å². The van der Waals surface area contributed by atoms with Gasteiger partial charge in [-0.15, -0.1) is 0 Å². The number of nitrogens with zero attached hydrogens (tertiary/aromatic N) is 1. The first-order valence-corrected chi connectivity index (χ1v) is 7.32. The lowest BCUT2D eigenvalue weighted by Gasteiger charge is -2.26. The zero-order valence-electron chi connectivity index (χ0n) is 11.5. The Morgan fingerprint density at radius 1 is 1.26 bits per heavy atom. The molecule has 1 aromatic heterocycles. The molecule has 1 rings (SSSR count). The summed E-state index contributed by atoms with van der Waals surface area (Å²) in [6, 6.07) is 3.81. The fourth-order valence-electron chi connectivity index (χ4n) is 1.73. The number of furan rings is 1. The molecule has 6 heteroatoms. The average molecular weight is 293 g/mol. The van der Waals surface area contributed by atoms with Crippen LogP contribution in [0, 0.1) is 0 Å². The van der Waals surface area contributed by atoms with Gasteiger partial charge in [0.25, 0.3) is 5.76 Å². The van der Waals surface area contributed by atoms with Crippen molar-refractivity contribution in [3.8, 4) is 0 Å². The van der Waals surface area contributed by atoms with E-state index in [1.54, 1.807) is 19.1 Å². The van der Waals surface area contributed by atoms with Crippen molar-refractivity contribution in [2.45, 2.75) is 51.0 Å². The Kier molecular flexibility index (Phi) is 6.82. The normalized spacial score (nSPS) is 13.7. The number of thioether (sulfide) groups is 1. The number of halogens is 2. The van der Waals surface area contributed by atoms with E-state index in [2.05, 4.69) is 4.90 Å². The van der Waals surface area contributed by atoms with Crippen LogP contribution in [0.3, 0.4) is 0 Å². The highest BCUT2D eigenvalue weighted by Crippen LogP contribution is 2.22. The van der Waals surface area contributed by atoms with Crippen LogP contribution in [-0.2, 0) is 12.3 Å². The van der Waals surface area contributed by atoms with Gasteiger partial charge in [0.15, 0.2) is 0 Å². The van der Waals surface area contributed by atoms with Gasteiger partial charge in [0.05, 0.1) is 18.4 Å². The van der Waals surface area contributed by atoms with Gasteiger partial charge in [0.2, 0.25) is 0 Å². The second-order valence-corrected chi connectivity index (χ2v) is 5.79. The number of hydrogen-bond acceptors (Lipinski definition) is 4. The highest BCUT2D eigenvalue weighted by molar-refractivity contribution is 7.98. The third-order valence-electron chi connectivity index (χ3n) is 2.66. The quantitative estimate of drug-likeness (QED) is 0.797. The molecule has 1 atom stereocenters. The van der Waals surface area contributed by atoms with Gasteiger partial charge in [0, 0.05) is 12.6 Å². The summed E-state index contributed by atoms with van der Waals surface area (Å²) in [5.74, 6) is -0.910. The van der Waals surface area contributed by atoms with E-state index < -0.39 is 11.9 Å². The fourth-order valence-corrected chi connectivity index (χ4v) is 2.17. The van der Waals surface area contributed by atoms with Crippen LogP contribution in [0.2, 0.25) is 0 Å². The van der Waals surface area contributed by atoms with Crippen LogP contribution < -0.4 is 0 Å². The van der Waals surface area contributed by atoms with Crippen LogP contribution in [0.5, 0.6) is 0 Å². The summed E-state index contributed by atoms with van der Waals surface area (Å²) in [6.45, 7) is 6.95. The summed E-state index contributed by atoms with van der Waals surface area (Å²) >= 11 is 0.553. The molecule has 0 aliphatic heterocycles. The minimum Gasteiger partial charge on any atom is -0.464 e. The molecule has 0 saturated heterocycles. The van der Waals surface area contributed by atoms with E-state index in [0.717, 1.165) is 5.76 Å². The standard InChI is InChI=1S/C13H21F2NO2S/c1-9(2)16(6-10(3)17)7-11-4-5-12(18-11)8-19-13(14)15/h4-5,9-10,13,17H,6-8H2,1-3H3. The van der Waals surface area contributed by atoms with Crippen LogP contribution in [0.25, 0.3) is 0 Å². The molecular formula is C13H21F2NO2S. The molecule has 0 radical (unpaired) electrons. The predicted molar refractivity (Wildman–Crippen MR) is 73.2 cm³/mol. The second-order valence-electron chi connectivity index (χ2n) is 4.81. The lowest BCUT2D eigenvalue weighted by Crippen LogP contribution is -2.35. The van der Waals surface area contributed by atoms with Crippen molar-refractivity contribution in [1.82, 2.24) is 4.90 Å². The molecule has 0 spiro atoms. The first-order chi connectivity index (χ1) is 8.88. The summed E-state index contributed by atoms with van der Waals surface area (Å²) in [7, 11) is 0. The van der Waals surface area contributed by atoms with Gasteiger partial charge >= 0.3 is 0 Å². The molecule has 1 N–H and O–H groups in total. The third-order valence-corrected chi connectivity index (χ3v) is 3.36. The minimum absolute atomic E-state index is 0.176. The van der Waals surface area contributed by atoms with E-state index in [1.807, 2.05) is 13.8 Å². The summed E-state index contributed by atoms with van der Waals surface area (Å²) in [6.07, 6.45) is -0.411. The van der Waals surface area contributed by atoms with Gasteiger partial charge in [-0.2, -0.15) is 8.78 Å². The molecule has 0 aliphatic rings. The largest absolute Gasteiger partial charge is 0.464 e. The highest BCUT2D eigenvalue weighted by Gasteiger charge is 2.15. The molecule has 0 fully saturated rings. The predicted octanol–water partition coefficient (Wildman–Crippen LogP) is 3.33. The van der Waals surface area contributed by atoms with Gasteiger partial charge < -0.3 is 9.52 Å². The zero-order chi connectivity index (χ0) is 14.4. The molecule has 0 saturated carbocycles. The Balaban J connectivity index is 2.55. The lowest BCUT2D eigenvalue weighted by atomic mass is 10.2. The molecule has 0 bridgehead atoms. The van der Waals surface area contributed by atoms with Crippen LogP contribution in [0.4, 0.5) is 8.78 Å². The lowest BCUT2D eigenvalue weighted by molar-refractivity contribution is 0.0973. The van der Waals surface area contributed by atoms with Gasteiger partial charge in [-0.05, 0) is 32.9 Å². The number of aliphatic hydroxyl groups is 1. The van der Waals surface area contributed by atoms with E-state index in [9.17, 15) is 13.9 Å². The maximum Gasteiger partial charge on any atom is 0.284 e. The first kappa shape index (κ1) is 16.5. The highest BCUT2D eigenvalue weighted by atomic mass is 32.2. The van der Waals surface area contributed by atoms with Crippen molar-refractivity contribution in [3.05, 3.63) is 23.7 Å². The number of aliphatic hydroxyl groups excluding tert-OH is 1. The Hall–Kier alpha value is -0.590. The molecule has 0 amide bonds. The smallest absolute Gasteiger partial charge is 0.284 e. The Labute approximate surface area is 117 Å². The van der Waals surface area contributed by atoms with Crippen molar-refractivity contribution in [2.75, 3.05) is 6.54 Å². The van der Waals surface area contributed by atoms with Gasteiger partial charge in [0.1, 0.15) is 11.5 Å². The summed E-state index contributed by atoms with van der Waals surface area (Å²) < 4.78 is 29.7. The van der Waals surface area contributed by atoms with E-state index in [1.165, 1.54) is 0 Å². The summed E-state index contributed by atoms with van der Waals surface area (Å²) in [4.78, 5) is 2.08. The van der Waals surface area contributed by atoms with Gasteiger partial charge in [-0.1, -0.05) is 11.8 Å². The molecule has 1 heterocycles. The van der Waals surface area contributed by atoms with Crippen molar-refractivity contribution in [2.24, 2.45) is 0 Å². The zero-order valence-corrected chi connectivity index (χ0v) is 12.3. The minimum atomic E-state index is -2.38. The number of rotatable bonds is 8. The van der Waals surface area contributed by atoms with Gasteiger partial charge in [-0.3, -0.25) is 4.90 Å².